The van der Waals surface area contributed by atoms with E-state index in [-0.39, 0.29) is 5.92 Å². The van der Waals surface area contributed by atoms with Crippen molar-refractivity contribution in [2.24, 2.45) is 11.8 Å². The number of nitrogens with one attached hydrogen (secondary N) is 1. The summed E-state index contributed by atoms with van der Waals surface area (Å²) in [6.45, 7) is 7.86. The molecular weight excluding hydrogens is 196 g/mol. The van der Waals surface area contributed by atoms with Crippen molar-refractivity contribution >= 4 is 0 Å². The summed E-state index contributed by atoms with van der Waals surface area (Å²) < 4.78 is 0. The first-order chi connectivity index (χ1) is 7.63. The van der Waals surface area contributed by atoms with E-state index in [2.05, 4.69) is 56.4 Å². The Morgan fingerprint density at radius 3 is 2.38 bits per heavy atom. The van der Waals surface area contributed by atoms with Crippen molar-refractivity contribution in [2.75, 3.05) is 6.54 Å². The standard InChI is InChI=1S/C14H20N2/c1-11(2)14(8-15)10-16-9-13-6-4-12(3)5-7-13/h4-7,11,14,16H,9-10H2,1-3H3. The number of hydrogen-bond donors (Lipinski definition) is 1. The Morgan fingerprint density at radius 2 is 1.88 bits per heavy atom. The van der Waals surface area contributed by atoms with Gasteiger partial charge < -0.3 is 5.32 Å². The predicted molar refractivity (Wildman–Crippen MR) is 66.8 cm³/mol. The first-order valence-electron chi connectivity index (χ1n) is 5.79. The van der Waals surface area contributed by atoms with Crippen LogP contribution in [-0.2, 0) is 6.54 Å². The minimum Gasteiger partial charge on any atom is -0.311 e. The molecule has 1 aromatic rings. The molecule has 0 fully saturated rings. The van der Waals surface area contributed by atoms with E-state index in [1.165, 1.54) is 11.1 Å². The van der Waals surface area contributed by atoms with Crippen molar-refractivity contribution in [1.82, 2.24) is 5.32 Å². The van der Waals surface area contributed by atoms with Crippen LogP contribution in [0.2, 0.25) is 0 Å². The van der Waals surface area contributed by atoms with E-state index < -0.39 is 0 Å². The molecule has 2 nitrogen and oxygen atoms in total. The van der Waals surface area contributed by atoms with Crippen molar-refractivity contribution in [3.63, 3.8) is 0 Å². The molecule has 1 aromatic carbocycles. The molecule has 86 valence electrons. The molecular formula is C14H20N2. The predicted octanol–water partition coefficient (Wildman–Crippen LogP) is 2.88. The third kappa shape index (κ3) is 4.04. The molecule has 0 aromatic heterocycles. The Bertz CT molecular complexity index is 346. The topological polar surface area (TPSA) is 35.8 Å². The summed E-state index contributed by atoms with van der Waals surface area (Å²) in [5, 5.41) is 12.3. The fourth-order valence-corrected chi connectivity index (χ4v) is 1.51. The quantitative estimate of drug-likeness (QED) is 0.821. The van der Waals surface area contributed by atoms with Gasteiger partial charge in [0.1, 0.15) is 0 Å². The summed E-state index contributed by atoms with van der Waals surface area (Å²) in [6.07, 6.45) is 0. The van der Waals surface area contributed by atoms with Crippen LogP contribution in [0.15, 0.2) is 24.3 Å². The first-order valence-corrected chi connectivity index (χ1v) is 5.79. The third-order valence-corrected chi connectivity index (χ3v) is 2.78. The van der Waals surface area contributed by atoms with Crippen LogP contribution in [0, 0.1) is 30.1 Å². The van der Waals surface area contributed by atoms with Gasteiger partial charge in [0.25, 0.3) is 0 Å². The van der Waals surface area contributed by atoms with Crippen LogP contribution in [0.1, 0.15) is 25.0 Å². The van der Waals surface area contributed by atoms with Gasteiger partial charge in [0.2, 0.25) is 0 Å². The molecule has 0 aliphatic carbocycles. The number of rotatable bonds is 5. The van der Waals surface area contributed by atoms with Crippen molar-refractivity contribution in [1.29, 1.82) is 5.26 Å². The van der Waals surface area contributed by atoms with E-state index in [0.717, 1.165) is 13.1 Å². The lowest BCUT2D eigenvalue weighted by Gasteiger charge is -2.13. The molecule has 1 unspecified atom stereocenters. The number of nitrogens with zero attached hydrogens (tertiary/aromatic N) is 1. The van der Waals surface area contributed by atoms with Crippen LogP contribution in [0.5, 0.6) is 0 Å². The normalized spacial score (nSPS) is 12.4. The van der Waals surface area contributed by atoms with Crippen molar-refractivity contribution in [3.8, 4) is 6.07 Å². The van der Waals surface area contributed by atoms with E-state index in [9.17, 15) is 0 Å². The Hall–Kier alpha value is -1.33. The molecule has 1 atom stereocenters. The van der Waals surface area contributed by atoms with E-state index >= 15 is 0 Å². The highest BCUT2D eigenvalue weighted by Gasteiger charge is 2.10. The van der Waals surface area contributed by atoms with Crippen LogP contribution in [0.3, 0.4) is 0 Å². The van der Waals surface area contributed by atoms with Gasteiger partial charge in [-0.05, 0) is 18.4 Å². The summed E-state index contributed by atoms with van der Waals surface area (Å²) in [7, 11) is 0. The molecule has 2 heteroatoms. The molecule has 0 radical (unpaired) electrons. The van der Waals surface area contributed by atoms with E-state index in [0.29, 0.717) is 5.92 Å². The Labute approximate surface area is 98.3 Å². The van der Waals surface area contributed by atoms with Crippen molar-refractivity contribution < 1.29 is 0 Å². The van der Waals surface area contributed by atoms with Crippen molar-refractivity contribution in [2.45, 2.75) is 27.3 Å². The highest BCUT2D eigenvalue weighted by atomic mass is 14.9. The highest BCUT2D eigenvalue weighted by Crippen LogP contribution is 2.08. The van der Waals surface area contributed by atoms with Gasteiger partial charge in [-0.2, -0.15) is 5.26 Å². The maximum atomic E-state index is 8.94. The van der Waals surface area contributed by atoms with E-state index in [4.69, 9.17) is 5.26 Å². The van der Waals surface area contributed by atoms with Crippen LogP contribution in [0.4, 0.5) is 0 Å². The second-order valence-electron chi connectivity index (χ2n) is 4.60. The molecule has 1 rings (SSSR count). The molecule has 0 heterocycles. The van der Waals surface area contributed by atoms with Crippen LogP contribution in [0.25, 0.3) is 0 Å². The summed E-state index contributed by atoms with van der Waals surface area (Å²) in [5.41, 5.74) is 2.55. The average Bonchev–Trinajstić information content (AvgIpc) is 2.26. The summed E-state index contributed by atoms with van der Waals surface area (Å²) in [5.74, 6) is 0.515. The van der Waals surface area contributed by atoms with Gasteiger partial charge >= 0.3 is 0 Å². The fourth-order valence-electron chi connectivity index (χ4n) is 1.51. The maximum absolute atomic E-state index is 8.94. The maximum Gasteiger partial charge on any atom is 0.0671 e. The van der Waals surface area contributed by atoms with Gasteiger partial charge in [-0.3, -0.25) is 0 Å². The van der Waals surface area contributed by atoms with Gasteiger partial charge in [-0.25, -0.2) is 0 Å². The second-order valence-corrected chi connectivity index (χ2v) is 4.60. The molecule has 1 N–H and O–H groups in total. The largest absolute Gasteiger partial charge is 0.311 e. The summed E-state index contributed by atoms with van der Waals surface area (Å²) in [4.78, 5) is 0. The summed E-state index contributed by atoms with van der Waals surface area (Å²) in [6, 6.07) is 10.8. The molecule has 0 aliphatic rings. The molecule has 0 bridgehead atoms. The number of nitriles is 1. The molecule has 16 heavy (non-hydrogen) atoms. The minimum absolute atomic E-state index is 0.102. The molecule has 0 amide bonds. The Balaban J connectivity index is 2.36. The second kappa shape index (κ2) is 6.30. The number of benzene rings is 1. The lowest BCUT2D eigenvalue weighted by molar-refractivity contribution is 0.442. The van der Waals surface area contributed by atoms with E-state index in [1.54, 1.807) is 0 Å². The van der Waals surface area contributed by atoms with Crippen molar-refractivity contribution in [3.05, 3.63) is 35.4 Å². The zero-order valence-corrected chi connectivity index (χ0v) is 10.3. The van der Waals surface area contributed by atoms with Gasteiger partial charge in [0, 0.05) is 13.1 Å². The zero-order chi connectivity index (χ0) is 12.0. The van der Waals surface area contributed by atoms with E-state index in [1.807, 2.05) is 0 Å². The average molecular weight is 216 g/mol. The monoisotopic (exact) mass is 216 g/mol. The van der Waals surface area contributed by atoms with Gasteiger partial charge in [-0.15, -0.1) is 0 Å². The zero-order valence-electron chi connectivity index (χ0n) is 10.3. The van der Waals surface area contributed by atoms with Crippen LogP contribution < -0.4 is 5.32 Å². The SMILES string of the molecule is Cc1ccc(CNCC(C#N)C(C)C)cc1. The first kappa shape index (κ1) is 12.7. The lowest BCUT2D eigenvalue weighted by atomic mass is 9.97. The summed E-state index contributed by atoms with van der Waals surface area (Å²) >= 11 is 0. The molecule has 0 spiro atoms. The smallest absolute Gasteiger partial charge is 0.0671 e. The third-order valence-electron chi connectivity index (χ3n) is 2.78. The molecule has 0 saturated heterocycles. The highest BCUT2D eigenvalue weighted by molar-refractivity contribution is 5.21. The number of hydrogen-bond acceptors (Lipinski definition) is 2. The minimum atomic E-state index is 0.102. The van der Waals surface area contributed by atoms with Crippen LogP contribution in [-0.4, -0.2) is 6.54 Å². The van der Waals surface area contributed by atoms with Gasteiger partial charge in [0.05, 0.1) is 12.0 Å². The fraction of sp³-hybridized carbons (Fsp3) is 0.500. The number of aryl methyl sites for hydroxylation is 1. The van der Waals surface area contributed by atoms with Gasteiger partial charge in [-0.1, -0.05) is 43.7 Å². The van der Waals surface area contributed by atoms with Crippen LogP contribution >= 0.6 is 0 Å². The molecule has 0 saturated carbocycles. The lowest BCUT2D eigenvalue weighted by Crippen LogP contribution is -2.24. The Kier molecular flexibility index (Phi) is 5.01. The van der Waals surface area contributed by atoms with Gasteiger partial charge in [0.15, 0.2) is 0 Å². The Morgan fingerprint density at radius 1 is 1.25 bits per heavy atom. The molecule has 0 aliphatic heterocycles.